The molecule has 130 valence electrons. The largest absolute Gasteiger partial charge is 0.490 e. The normalized spacial score (nSPS) is 39.8. The van der Waals surface area contributed by atoms with E-state index in [9.17, 15) is 28.8 Å². The van der Waals surface area contributed by atoms with Gasteiger partial charge in [0.15, 0.2) is 0 Å². The van der Waals surface area contributed by atoms with Crippen molar-refractivity contribution in [3.8, 4) is 0 Å². The Morgan fingerprint density at radius 1 is 1.09 bits per heavy atom. The number of hydrogen-bond acceptors (Lipinski definition) is 9. The number of aliphatic hydroxyl groups excluding tert-OH is 1. The quantitative estimate of drug-likeness (QED) is 0.278. The second kappa shape index (κ2) is 5.68. The molecule has 2 rings (SSSR count). The molecule has 6 atom stereocenters. The van der Waals surface area contributed by atoms with E-state index in [2.05, 4.69) is 13.1 Å². The van der Waals surface area contributed by atoms with Crippen LogP contribution in [0.5, 0.6) is 0 Å². The van der Waals surface area contributed by atoms with Crippen molar-refractivity contribution < 1.29 is 61.4 Å². The Labute approximate surface area is 122 Å². The van der Waals surface area contributed by atoms with Crippen molar-refractivity contribution in [1.82, 2.24) is 0 Å². The van der Waals surface area contributed by atoms with Gasteiger partial charge < -0.3 is 34.5 Å². The van der Waals surface area contributed by atoms with Gasteiger partial charge in [0.25, 0.3) is 0 Å². The number of ether oxygens (including phenoxy) is 1. The number of phosphoric acid groups is 3. The van der Waals surface area contributed by atoms with Crippen LogP contribution >= 0.6 is 23.5 Å². The zero-order valence-electron chi connectivity index (χ0n) is 10.5. The lowest BCUT2D eigenvalue weighted by molar-refractivity contribution is -0.0479. The Morgan fingerprint density at radius 3 is 2.14 bits per heavy atom. The molecule has 0 spiro atoms. The highest BCUT2D eigenvalue weighted by atomic mass is 31.3. The summed E-state index contributed by atoms with van der Waals surface area (Å²) < 4.78 is 49.2. The summed E-state index contributed by atoms with van der Waals surface area (Å²) in [6.07, 6.45) is -3.03. The molecule has 1 saturated heterocycles. The standard InChI is InChI=1S/C6H13O13P3/c7-5-3(17-4-1-6(4,5)8)2-16-21(12,13)19-22(14,15)18-20(9,10)11/h3-5,7-8H,1-2H2,(H,12,13)(H,14,15)(H2,9,10,11). The highest BCUT2D eigenvalue weighted by Gasteiger charge is 2.67. The van der Waals surface area contributed by atoms with Crippen LogP contribution in [-0.2, 0) is 31.6 Å². The zero-order valence-corrected chi connectivity index (χ0v) is 13.2. The minimum absolute atomic E-state index is 0.194. The van der Waals surface area contributed by atoms with Gasteiger partial charge in [-0.1, -0.05) is 0 Å². The van der Waals surface area contributed by atoms with E-state index in [0.29, 0.717) is 0 Å². The fraction of sp³-hybridized carbons (Fsp3) is 1.00. The summed E-state index contributed by atoms with van der Waals surface area (Å²) in [5, 5.41) is 19.3. The van der Waals surface area contributed by atoms with E-state index >= 15 is 0 Å². The van der Waals surface area contributed by atoms with Crippen LogP contribution in [0.2, 0.25) is 0 Å². The van der Waals surface area contributed by atoms with Crippen LogP contribution in [0, 0.1) is 0 Å². The maximum Gasteiger partial charge on any atom is 0.490 e. The molecule has 13 nitrogen and oxygen atoms in total. The molecule has 1 saturated carbocycles. The van der Waals surface area contributed by atoms with Gasteiger partial charge in [-0.3, -0.25) is 4.52 Å². The number of phosphoric ester groups is 1. The van der Waals surface area contributed by atoms with E-state index in [1.165, 1.54) is 0 Å². The second-order valence-electron chi connectivity index (χ2n) is 4.69. The Hall–Kier alpha value is 0.290. The summed E-state index contributed by atoms with van der Waals surface area (Å²) in [6.45, 7) is -0.788. The molecule has 22 heavy (non-hydrogen) atoms. The lowest BCUT2D eigenvalue weighted by Gasteiger charge is -2.21. The van der Waals surface area contributed by atoms with E-state index in [4.69, 9.17) is 19.4 Å². The average Bonchev–Trinajstić information content (AvgIpc) is 2.84. The van der Waals surface area contributed by atoms with Crippen LogP contribution in [0.4, 0.5) is 0 Å². The maximum absolute atomic E-state index is 11.4. The first-order valence-corrected chi connectivity index (χ1v) is 10.1. The minimum Gasteiger partial charge on any atom is -0.387 e. The third kappa shape index (κ3) is 4.43. The predicted molar refractivity (Wildman–Crippen MR) is 64.1 cm³/mol. The second-order valence-corrected chi connectivity index (χ2v) is 9.11. The Bertz CT molecular complexity index is 584. The Morgan fingerprint density at radius 2 is 1.68 bits per heavy atom. The van der Waals surface area contributed by atoms with Crippen LogP contribution < -0.4 is 0 Å². The van der Waals surface area contributed by atoms with Crippen LogP contribution in [-0.4, -0.2) is 60.3 Å². The lowest BCUT2D eigenvalue weighted by atomic mass is 10.1. The van der Waals surface area contributed by atoms with Crippen molar-refractivity contribution in [2.24, 2.45) is 0 Å². The van der Waals surface area contributed by atoms with Crippen molar-refractivity contribution in [3.63, 3.8) is 0 Å². The highest BCUT2D eigenvalue weighted by Crippen LogP contribution is 2.66. The number of hydrogen-bond donors (Lipinski definition) is 6. The van der Waals surface area contributed by atoms with Crippen LogP contribution in [0.1, 0.15) is 6.42 Å². The van der Waals surface area contributed by atoms with Crippen molar-refractivity contribution in [1.29, 1.82) is 0 Å². The van der Waals surface area contributed by atoms with E-state index < -0.39 is 54.0 Å². The Kier molecular flexibility index (Phi) is 4.81. The van der Waals surface area contributed by atoms with Gasteiger partial charge in [0.1, 0.15) is 17.8 Å². The molecule has 0 aromatic heterocycles. The van der Waals surface area contributed by atoms with Gasteiger partial charge in [-0.05, 0) is 0 Å². The molecule has 0 aromatic rings. The van der Waals surface area contributed by atoms with Gasteiger partial charge in [0, 0.05) is 6.42 Å². The zero-order chi connectivity index (χ0) is 17.0. The average molecular weight is 386 g/mol. The van der Waals surface area contributed by atoms with Crippen LogP contribution in [0.3, 0.4) is 0 Å². The predicted octanol–water partition coefficient (Wildman–Crippen LogP) is -1.41. The summed E-state index contributed by atoms with van der Waals surface area (Å²) in [6, 6.07) is 0. The lowest BCUT2D eigenvalue weighted by Crippen LogP contribution is -2.37. The molecule has 0 bridgehead atoms. The van der Waals surface area contributed by atoms with Gasteiger partial charge in [-0.2, -0.15) is 8.62 Å². The molecule has 6 N–H and O–H groups in total. The first-order chi connectivity index (χ1) is 9.74. The summed E-state index contributed by atoms with van der Waals surface area (Å²) in [5.74, 6) is 0. The third-order valence-corrected chi connectivity index (χ3v) is 6.73. The van der Waals surface area contributed by atoms with E-state index in [1.807, 2.05) is 0 Å². The van der Waals surface area contributed by atoms with Crippen molar-refractivity contribution in [2.75, 3.05) is 6.61 Å². The fourth-order valence-electron chi connectivity index (χ4n) is 1.92. The molecule has 1 heterocycles. The molecular formula is C6H13O13P3. The molecular weight excluding hydrogens is 373 g/mol. The summed E-state index contributed by atoms with van der Waals surface area (Å²) >= 11 is 0. The first-order valence-electron chi connectivity index (χ1n) is 5.58. The number of aliphatic hydroxyl groups is 2. The van der Waals surface area contributed by atoms with Gasteiger partial charge >= 0.3 is 23.5 Å². The van der Waals surface area contributed by atoms with Crippen molar-refractivity contribution >= 4 is 23.5 Å². The molecule has 1 aliphatic carbocycles. The first kappa shape index (κ1) is 18.6. The minimum atomic E-state index is -5.58. The van der Waals surface area contributed by atoms with E-state index in [1.54, 1.807) is 0 Å². The van der Waals surface area contributed by atoms with Crippen LogP contribution in [0.25, 0.3) is 0 Å². The molecule has 1 aliphatic heterocycles. The Balaban J connectivity index is 1.88. The monoisotopic (exact) mass is 386 g/mol. The molecule has 16 heteroatoms. The fourth-order valence-corrected chi connectivity index (χ4v) is 4.95. The highest BCUT2D eigenvalue weighted by molar-refractivity contribution is 7.66. The molecule has 0 aromatic carbocycles. The van der Waals surface area contributed by atoms with Gasteiger partial charge in [0.05, 0.1) is 12.7 Å². The number of rotatable bonds is 7. The van der Waals surface area contributed by atoms with E-state index in [-0.39, 0.29) is 6.42 Å². The molecule has 6 unspecified atom stereocenters. The van der Waals surface area contributed by atoms with Gasteiger partial charge in [-0.25, -0.2) is 13.7 Å². The van der Waals surface area contributed by atoms with E-state index in [0.717, 1.165) is 0 Å². The molecule has 0 amide bonds. The molecule has 2 aliphatic rings. The van der Waals surface area contributed by atoms with Gasteiger partial charge in [0.2, 0.25) is 0 Å². The third-order valence-electron chi connectivity index (χ3n) is 2.93. The van der Waals surface area contributed by atoms with Crippen molar-refractivity contribution in [3.05, 3.63) is 0 Å². The smallest absolute Gasteiger partial charge is 0.387 e. The maximum atomic E-state index is 11.4. The summed E-state index contributed by atoms with van der Waals surface area (Å²) in [5.41, 5.74) is -1.45. The SMILES string of the molecule is O=P(O)(O)OP(=O)(O)OP(=O)(O)OCC1OC2CC2(O)C1O. The summed E-state index contributed by atoms with van der Waals surface area (Å²) in [7, 11) is -16.3. The number of fused-ring (bicyclic) bond motifs is 1. The van der Waals surface area contributed by atoms with Crippen molar-refractivity contribution in [2.45, 2.75) is 30.3 Å². The van der Waals surface area contributed by atoms with Gasteiger partial charge in [-0.15, -0.1) is 0 Å². The molecule has 0 radical (unpaired) electrons. The summed E-state index contributed by atoms with van der Waals surface area (Å²) in [4.78, 5) is 34.8. The molecule has 2 fully saturated rings. The topological polar surface area (TPSA) is 210 Å². The van der Waals surface area contributed by atoms with Crippen LogP contribution in [0.15, 0.2) is 0 Å².